The van der Waals surface area contributed by atoms with Crippen LogP contribution in [0.5, 0.6) is 5.75 Å². The predicted molar refractivity (Wildman–Crippen MR) is 187 cm³/mol. The summed E-state index contributed by atoms with van der Waals surface area (Å²) in [5, 5.41) is 16.9. The molecule has 3 heterocycles. The number of carbonyl (C=O) groups is 1. The van der Waals surface area contributed by atoms with Gasteiger partial charge in [-0.3, -0.25) is 14.0 Å². The molecule has 6 aromatic rings. The van der Waals surface area contributed by atoms with Crippen LogP contribution in [0.3, 0.4) is 0 Å². The van der Waals surface area contributed by atoms with E-state index in [4.69, 9.17) is 27.9 Å². The summed E-state index contributed by atoms with van der Waals surface area (Å²) in [5.74, 6) is -1.50. The highest BCUT2D eigenvalue weighted by atomic mass is 35.5. The largest absolute Gasteiger partial charge is 0.497 e. The number of nitrogens with zero attached hydrogens (tertiary/aromatic N) is 6. The smallest absolute Gasteiger partial charge is 0.405 e. The molecule has 18 heteroatoms. The van der Waals surface area contributed by atoms with Gasteiger partial charge in [0.1, 0.15) is 28.4 Å². The van der Waals surface area contributed by atoms with Gasteiger partial charge in [0.2, 0.25) is 10.0 Å². The van der Waals surface area contributed by atoms with Crippen LogP contribution < -0.4 is 19.9 Å². The number of hydrogen-bond acceptors (Lipinski definition) is 8. The fraction of sp³-hybridized carbons (Fsp3) is 0.182. The summed E-state index contributed by atoms with van der Waals surface area (Å²) in [6, 6.07) is 13.7. The van der Waals surface area contributed by atoms with Crippen LogP contribution >= 0.6 is 23.2 Å². The Labute approximate surface area is 298 Å². The number of anilines is 1. The van der Waals surface area contributed by atoms with Crippen LogP contribution in [0.1, 0.15) is 23.0 Å². The molecule has 0 saturated carbocycles. The fourth-order valence-corrected chi connectivity index (χ4v) is 6.99. The lowest BCUT2D eigenvalue weighted by atomic mass is 10.0. The Hall–Kier alpha value is -5.32. The fourth-order valence-electron chi connectivity index (χ4n) is 5.79. The zero-order chi connectivity index (χ0) is 36.8. The van der Waals surface area contributed by atoms with Gasteiger partial charge >= 0.3 is 6.09 Å². The number of amides is 1. The molecule has 6 rings (SSSR count). The van der Waals surface area contributed by atoms with Crippen LogP contribution in [0.25, 0.3) is 27.6 Å². The molecular formula is C33H27Cl2F2N7O6S. The number of carboxylic acid groups (broad SMARTS) is 1. The number of hydrogen-bond donors (Lipinski definition) is 2. The van der Waals surface area contributed by atoms with Gasteiger partial charge in [-0.15, -0.1) is 0 Å². The number of benzene rings is 3. The minimum Gasteiger partial charge on any atom is -0.497 e. The summed E-state index contributed by atoms with van der Waals surface area (Å²) in [7, 11) is -0.970. The van der Waals surface area contributed by atoms with Crippen LogP contribution in [-0.2, 0) is 30.0 Å². The minimum atomic E-state index is -3.99. The SMILES string of the molecule is COc1ccc(CN(c2nn(C)c3c(-n4c([C@H](Cc5cc(F)cc(F)c5)NC(=O)O)nc5nc(Cl)ccc5c4=O)ccc(Cl)c23)S(C)(=O)=O)cc1. The van der Waals surface area contributed by atoms with E-state index in [9.17, 15) is 31.9 Å². The van der Waals surface area contributed by atoms with Gasteiger partial charge in [0.05, 0.1) is 53.0 Å². The van der Waals surface area contributed by atoms with E-state index in [0.29, 0.717) is 17.4 Å². The van der Waals surface area contributed by atoms with Gasteiger partial charge in [-0.1, -0.05) is 35.3 Å². The van der Waals surface area contributed by atoms with E-state index in [2.05, 4.69) is 20.4 Å². The summed E-state index contributed by atoms with van der Waals surface area (Å²) in [6.07, 6.45) is -0.861. The van der Waals surface area contributed by atoms with Gasteiger partial charge in [0.15, 0.2) is 11.5 Å². The Kier molecular flexibility index (Phi) is 9.59. The molecule has 0 fully saturated rings. The molecule has 264 valence electrons. The van der Waals surface area contributed by atoms with Crippen molar-refractivity contribution in [3.8, 4) is 11.4 Å². The Balaban J connectivity index is 1.63. The molecule has 0 spiro atoms. The Morgan fingerprint density at radius 3 is 2.33 bits per heavy atom. The van der Waals surface area contributed by atoms with Crippen LogP contribution in [-0.4, -0.2) is 57.3 Å². The lowest BCUT2D eigenvalue weighted by Crippen LogP contribution is -2.35. The Morgan fingerprint density at radius 1 is 1.02 bits per heavy atom. The molecule has 0 aliphatic carbocycles. The van der Waals surface area contributed by atoms with E-state index in [-0.39, 0.29) is 68.0 Å². The van der Waals surface area contributed by atoms with E-state index in [0.717, 1.165) is 27.3 Å². The maximum Gasteiger partial charge on any atom is 0.405 e. The molecule has 0 radical (unpaired) electrons. The van der Waals surface area contributed by atoms with Crippen molar-refractivity contribution in [3.05, 3.63) is 116 Å². The lowest BCUT2D eigenvalue weighted by molar-refractivity contribution is 0.189. The van der Waals surface area contributed by atoms with Gasteiger partial charge in [-0.05, 0) is 59.7 Å². The minimum absolute atomic E-state index is 0.00298. The van der Waals surface area contributed by atoms with Gasteiger partial charge in [0, 0.05) is 19.5 Å². The van der Waals surface area contributed by atoms with Gasteiger partial charge in [-0.25, -0.2) is 36.3 Å². The average Bonchev–Trinajstić information content (AvgIpc) is 3.40. The summed E-state index contributed by atoms with van der Waals surface area (Å²) >= 11 is 12.9. The molecule has 3 aromatic heterocycles. The number of halogens is 4. The van der Waals surface area contributed by atoms with Gasteiger partial charge in [0.25, 0.3) is 5.56 Å². The maximum absolute atomic E-state index is 14.4. The third-order valence-corrected chi connectivity index (χ3v) is 9.58. The third-order valence-electron chi connectivity index (χ3n) is 7.96. The van der Waals surface area contributed by atoms with E-state index >= 15 is 0 Å². The lowest BCUT2D eigenvalue weighted by Gasteiger charge is -2.23. The summed E-state index contributed by atoms with van der Waals surface area (Å²) in [6.45, 7) is -0.139. The predicted octanol–water partition coefficient (Wildman–Crippen LogP) is 5.78. The summed E-state index contributed by atoms with van der Waals surface area (Å²) in [4.78, 5) is 35.2. The standard InChI is InChI=1S/C33H27Cl2F2N7O6S/c1-42-28-25(10-9-23(34)27(28)31(41-42)43(51(3,48)49)16-17-4-6-21(50-2)7-5-17)44-30(40-29-22(32(44)45)8-11-26(35)39-29)24(38-33(46)47)14-18-12-19(36)15-20(37)13-18/h4-13,15,24,38H,14,16H2,1-3H3,(H,46,47)/t24-/m0/s1. The molecule has 51 heavy (non-hydrogen) atoms. The zero-order valence-electron chi connectivity index (χ0n) is 26.9. The monoisotopic (exact) mass is 757 g/mol. The van der Waals surface area contributed by atoms with Crippen molar-refractivity contribution < 1.29 is 31.8 Å². The van der Waals surface area contributed by atoms with Crippen molar-refractivity contribution in [2.45, 2.75) is 19.0 Å². The summed E-state index contributed by atoms with van der Waals surface area (Å²) < 4.78 is 63.8. The maximum atomic E-state index is 14.4. The zero-order valence-corrected chi connectivity index (χ0v) is 29.3. The van der Waals surface area contributed by atoms with Crippen molar-refractivity contribution >= 4 is 67.1 Å². The number of rotatable bonds is 10. The van der Waals surface area contributed by atoms with Crippen LogP contribution in [0.15, 0.2) is 71.5 Å². The second-order valence-corrected chi connectivity index (χ2v) is 14.2. The highest BCUT2D eigenvalue weighted by Gasteiger charge is 2.30. The number of pyridine rings is 1. The molecule has 0 bridgehead atoms. The number of ether oxygens (including phenoxy) is 1. The normalized spacial score (nSPS) is 12.3. The average molecular weight is 759 g/mol. The first-order chi connectivity index (χ1) is 24.1. The third kappa shape index (κ3) is 7.15. The molecule has 2 N–H and O–H groups in total. The molecule has 0 aliphatic rings. The number of aromatic nitrogens is 5. The van der Waals surface area contributed by atoms with E-state index in [1.807, 2.05) is 0 Å². The van der Waals surface area contributed by atoms with E-state index < -0.39 is 39.4 Å². The summed E-state index contributed by atoms with van der Waals surface area (Å²) in [5.41, 5.74) is 0.0784. The molecular weight excluding hydrogens is 731 g/mol. The molecule has 0 aliphatic heterocycles. The van der Waals surface area contributed by atoms with Gasteiger partial charge < -0.3 is 15.2 Å². The van der Waals surface area contributed by atoms with Crippen LogP contribution in [0, 0.1) is 11.6 Å². The first-order valence-electron chi connectivity index (χ1n) is 14.9. The second-order valence-electron chi connectivity index (χ2n) is 11.5. The van der Waals surface area contributed by atoms with Crippen molar-refractivity contribution in [1.82, 2.24) is 29.6 Å². The topological polar surface area (TPSA) is 162 Å². The Bertz CT molecular complexity index is 2490. The molecule has 0 unspecified atom stereocenters. The highest BCUT2D eigenvalue weighted by molar-refractivity contribution is 7.92. The number of nitrogens with one attached hydrogen (secondary N) is 1. The number of sulfonamides is 1. The molecule has 0 saturated heterocycles. The Morgan fingerprint density at radius 2 is 1.71 bits per heavy atom. The van der Waals surface area contributed by atoms with Crippen LogP contribution in [0.4, 0.5) is 19.4 Å². The van der Waals surface area contributed by atoms with Crippen molar-refractivity contribution in [2.75, 3.05) is 17.7 Å². The van der Waals surface area contributed by atoms with Crippen molar-refractivity contribution in [1.29, 1.82) is 0 Å². The number of aryl methyl sites for hydroxylation is 1. The number of methoxy groups -OCH3 is 1. The first kappa shape index (κ1) is 35.5. The second kappa shape index (κ2) is 13.8. The molecule has 3 aromatic carbocycles. The highest BCUT2D eigenvalue weighted by Crippen LogP contribution is 2.38. The van der Waals surface area contributed by atoms with E-state index in [1.165, 1.54) is 43.1 Å². The van der Waals surface area contributed by atoms with E-state index in [1.54, 1.807) is 24.3 Å². The molecule has 1 amide bonds. The van der Waals surface area contributed by atoms with Gasteiger partial charge in [-0.2, -0.15) is 5.10 Å². The first-order valence-corrected chi connectivity index (χ1v) is 17.5. The van der Waals surface area contributed by atoms with Crippen molar-refractivity contribution in [2.24, 2.45) is 7.05 Å². The molecule has 13 nitrogen and oxygen atoms in total. The number of fused-ring (bicyclic) bond motifs is 2. The molecule has 1 atom stereocenters. The quantitative estimate of drug-likeness (QED) is 0.165. The van der Waals surface area contributed by atoms with Crippen LogP contribution in [0.2, 0.25) is 10.2 Å². The van der Waals surface area contributed by atoms with Crippen molar-refractivity contribution in [3.63, 3.8) is 0 Å².